The van der Waals surface area contributed by atoms with Crippen molar-refractivity contribution >= 4 is 28.2 Å². The summed E-state index contributed by atoms with van der Waals surface area (Å²) in [5.74, 6) is 3.22. The van der Waals surface area contributed by atoms with Crippen molar-refractivity contribution < 1.29 is 21.5 Å². The van der Waals surface area contributed by atoms with Crippen molar-refractivity contribution in [1.29, 1.82) is 0 Å². The van der Waals surface area contributed by atoms with E-state index in [0.29, 0.717) is 21.1 Å². The van der Waals surface area contributed by atoms with E-state index in [0.717, 1.165) is 12.0 Å². The van der Waals surface area contributed by atoms with Gasteiger partial charge in [-0.1, -0.05) is 83.9 Å². The van der Waals surface area contributed by atoms with Gasteiger partial charge in [-0.2, -0.15) is 0 Å². The van der Waals surface area contributed by atoms with E-state index in [4.69, 9.17) is 23.2 Å². The van der Waals surface area contributed by atoms with Gasteiger partial charge in [-0.25, -0.2) is 4.48 Å². The highest BCUT2D eigenvalue weighted by Crippen LogP contribution is 2.26. The van der Waals surface area contributed by atoms with E-state index in [2.05, 4.69) is 24.1 Å². The van der Waals surface area contributed by atoms with E-state index < -0.39 is 0 Å². The van der Waals surface area contributed by atoms with E-state index in [1.165, 1.54) is 5.56 Å². The van der Waals surface area contributed by atoms with Crippen LogP contribution in [0.1, 0.15) is 11.1 Å². The quantitative estimate of drug-likeness (QED) is 0.520. The largest absolute Gasteiger partial charge is 1.00 e. The summed E-state index contributed by atoms with van der Waals surface area (Å²) in [6.45, 7) is 0.567. The van der Waals surface area contributed by atoms with E-state index >= 15 is 0 Å². The van der Waals surface area contributed by atoms with Crippen LogP contribution in [0.3, 0.4) is 0 Å². The molecule has 0 bridgehead atoms. The third-order valence-corrected chi connectivity index (χ3v) is 4.17. The number of nitrogens with zero attached hydrogens (tertiary/aromatic N) is 1. The summed E-state index contributed by atoms with van der Waals surface area (Å²) in [5, 5.41) is 1.21. The molecule has 2 aromatic rings. The van der Waals surface area contributed by atoms with Crippen LogP contribution in [0.5, 0.6) is 0 Å². The topological polar surface area (TPSA) is 0 Å². The summed E-state index contributed by atoms with van der Waals surface area (Å²) >= 11 is 12.8. The van der Waals surface area contributed by atoms with Crippen LogP contribution in [0.15, 0.2) is 65.7 Å². The van der Waals surface area contributed by atoms with E-state index in [-0.39, 0.29) is 17.0 Å². The standard InChI is InChI=1S/C20H20Cl2N.BrH/c1-23(2,15-9-12-17-10-5-3-6-11-17)16-19(21)20(22)18-13-7-4-8-14-18;/h3-8,10-11,13-14H,12,16H2,1-2H3;1H/q+1;/p-1/b20-19+;. The minimum atomic E-state index is 0. The highest BCUT2D eigenvalue weighted by molar-refractivity contribution is 6.54. The molecule has 0 heterocycles. The maximum atomic E-state index is 6.41. The van der Waals surface area contributed by atoms with Crippen molar-refractivity contribution in [3.05, 3.63) is 76.8 Å². The Morgan fingerprint density at radius 3 is 2.04 bits per heavy atom. The van der Waals surface area contributed by atoms with Crippen LogP contribution in [0.25, 0.3) is 5.03 Å². The molecule has 4 heteroatoms. The molecule has 0 atom stereocenters. The Balaban J connectivity index is 0.00000288. The van der Waals surface area contributed by atoms with Gasteiger partial charge in [0.25, 0.3) is 0 Å². The zero-order chi connectivity index (χ0) is 16.7. The number of likely N-dealkylation sites (N-methyl/N-ethyl adjacent to an activating group) is 1. The normalized spacial score (nSPS) is 11.7. The number of hydrogen-bond acceptors (Lipinski definition) is 0. The molecule has 0 spiro atoms. The van der Waals surface area contributed by atoms with Gasteiger partial charge in [0.15, 0.2) is 0 Å². The zero-order valence-electron chi connectivity index (χ0n) is 13.8. The van der Waals surface area contributed by atoms with Gasteiger partial charge in [0.05, 0.1) is 24.2 Å². The average Bonchev–Trinajstić information content (AvgIpc) is 2.55. The van der Waals surface area contributed by atoms with Crippen LogP contribution in [0, 0.1) is 12.0 Å². The number of hydrogen-bond donors (Lipinski definition) is 0. The molecule has 0 aromatic heterocycles. The lowest BCUT2D eigenvalue weighted by molar-refractivity contribution is -0.816. The predicted molar refractivity (Wildman–Crippen MR) is 100.0 cm³/mol. The first-order chi connectivity index (χ1) is 11.0. The van der Waals surface area contributed by atoms with E-state index in [1.807, 2.05) is 62.6 Å². The van der Waals surface area contributed by atoms with Crippen molar-refractivity contribution in [3.63, 3.8) is 0 Å². The van der Waals surface area contributed by atoms with Crippen molar-refractivity contribution in [2.75, 3.05) is 20.6 Å². The van der Waals surface area contributed by atoms with Gasteiger partial charge in [-0.3, -0.25) is 0 Å². The highest BCUT2D eigenvalue weighted by Gasteiger charge is 2.17. The molecule has 1 nitrogen and oxygen atoms in total. The highest BCUT2D eigenvalue weighted by atomic mass is 79.9. The van der Waals surface area contributed by atoms with Crippen molar-refractivity contribution in [2.45, 2.75) is 6.42 Å². The summed E-state index contributed by atoms with van der Waals surface area (Å²) < 4.78 is 0.467. The Morgan fingerprint density at radius 2 is 1.46 bits per heavy atom. The fraction of sp³-hybridized carbons (Fsp3) is 0.200. The second kappa shape index (κ2) is 9.91. The van der Waals surface area contributed by atoms with E-state index in [9.17, 15) is 0 Å². The monoisotopic (exact) mass is 423 g/mol. The number of benzene rings is 2. The first kappa shape index (κ1) is 20.8. The molecule has 0 fully saturated rings. The second-order valence-corrected chi connectivity index (χ2v) is 6.71. The molecule has 0 aliphatic heterocycles. The molecule has 0 amide bonds. The Morgan fingerprint density at radius 1 is 0.917 bits per heavy atom. The Labute approximate surface area is 165 Å². The molecular weight excluding hydrogens is 405 g/mol. The molecule has 24 heavy (non-hydrogen) atoms. The minimum absolute atomic E-state index is 0. The summed E-state index contributed by atoms with van der Waals surface area (Å²) in [7, 11) is 4.05. The number of rotatable bonds is 4. The van der Waals surface area contributed by atoms with Crippen LogP contribution in [-0.4, -0.2) is 25.1 Å². The lowest BCUT2D eigenvalue weighted by Crippen LogP contribution is -3.00. The van der Waals surface area contributed by atoms with Crippen molar-refractivity contribution in [1.82, 2.24) is 0 Å². The fourth-order valence-corrected chi connectivity index (χ4v) is 2.74. The molecule has 0 aliphatic rings. The maximum Gasteiger partial charge on any atom is 0.137 e. The summed E-state index contributed by atoms with van der Waals surface area (Å²) in [6, 6.07) is 23.2. The van der Waals surface area contributed by atoms with Gasteiger partial charge in [0.2, 0.25) is 0 Å². The van der Waals surface area contributed by atoms with Gasteiger partial charge in [-0.05, 0) is 17.0 Å². The predicted octanol–water partition coefficient (Wildman–Crippen LogP) is 2.12. The molecule has 0 aliphatic carbocycles. The van der Waals surface area contributed by atoms with Crippen LogP contribution in [0.2, 0.25) is 0 Å². The molecular formula is C20H20BrCl2N. The average molecular weight is 425 g/mol. The number of halogens is 3. The minimum Gasteiger partial charge on any atom is -1.00 e. The molecule has 0 saturated carbocycles. The smallest absolute Gasteiger partial charge is 0.137 e. The first-order valence-electron chi connectivity index (χ1n) is 7.44. The van der Waals surface area contributed by atoms with Gasteiger partial charge in [0, 0.05) is 6.42 Å². The Kier molecular flexibility index (Phi) is 8.59. The van der Waals surface area contributed by atoms with Crippen molar-refractivity contribution in [2.24, 2.45) is 0 Å². The maximum absolute atomic E-state index is 6.41. The first-order valence-corrected chi connectivity index (χ1v) is 8.20. The van der Waals surface area contributed by atoms with E-state index in [1.54, 1.807) is 0 Å². The van der Waals surface area contributed by atoms with Crippen LogP contribution >= 0.6 is 23.2 Å². The number of quaternary nitrogens is 1. The molecule has 0 saturated heterocycles. The SMILES string of the molecule is C[N+](C)(C#CCc1ccccc1)C/C(Cl)=C(\Cl)c1ccccc1.[Br-]. The molecule has 2 rings (SSSR count). The third kappa shape index (κ3) is 6.71. The van der Waals surface area contributed by atoms with Crippen LogP contribution < -0.4 is 17.0 Å². The lowest BCUT2D eigenvalue weighted by Gasteiger charge is -2.21. The summed E-state index contributed by atoms with van der Waals surface area (Å²) in [4.78, 5) is 0. The van der Waals surface area contributed by atoms with Gasteiger partial charge < -0.3 is 17.0 Å². The molecule has 0 unspecified atom stereocenters. The second-order valence-electron chi connectivity index (χ2n) is 5.88. The summed E-state index contributed by atoms with van der Waals surface area (Å²) in [6.07, 6.45) is 0.732. The lowest BCUT2D eigenvalue weighted by atomic mass is 10.2. The Hall–Kier alpha value is -1.24. The Bertz CT molecular complexity index is 728. The molecule has 126 valence electrons. The van der Waals surface area contributed by atoms with Crippen LogP contribution in [-0.2, 0) is 6.42 Å². The molecule has 0 radical (unpaired) electrons. The molecule has 2 aromatic carbocycles. The fourth-order valence-electron chi connectivity index (χ4n) is 2.15. The van der Waals surface area contributed by atoms with Crippen LogP contribution in [0.4, 0.5) is 0 Å². The van der Waals surface area contributed by atoms with Gasteiger partial charge in [-0.15, -0.1) is 0 Å². The third-order valence-electron chi connectivity index (χ3n) is 3.32. The van der Waals surface area contributed by atoms with Gasteiger partial charge in [0.1, 0.15) is 12.6 Å². The van der Waals surface area contributed by atoms with Gasteiger partial charge >= 0.3 is 0 Å². The summed E-state index contributed by atoms with van der Waals surface area (Å²) in [5.41, 5.74) is 2.14. The molecule has 0 N–H and O–H groups in total. The zero-order valence-corrected chi connectivity index (χ0v) is 16.9. The van der Waals surface area contributed by atoms with Crippen molar-refractivity contribution in [3.8, 4) is 12.0 Å².